The first kappa shape index (κ1) is 26.8. The Morgan fingerprint density at radius 2 is 1.62 bits per heavy atom. The number of unbranched alkanes of at least 4 members (excludes halogenated alkanes) is 5. The highest BCUT2D eigenvalue weighted by atomic mass is 19.1. The molecule has 1 aliphatic rings. The molecule has 0 atom stereocenters. The summed E-state index contributed by atoms with van der Waals surface area (Å²) in [5, 5.41) is 0. The van der Waals surface area contributed by atoms with Gasteiger partial charge >= 0.3 is 0 Å². The molecule has 5 nitrogen and oxygen atoms in total. The van der Waals surface area contributed by atoms with E-state index in [4.69, 9.17) is 9.97 Å². The first-order valence-corrected chi connectivity index (χ1v) is 13.7. The fraction of sp³-hybridized carbons (Fsp3) is 0.452. The van der Waals surface area contributed by atoms with Gasteiger partial charge in [-0.05, 0) is 31.0 Å². The van der Waals surface area contributed by atoms with Crippen molar-refractivity contribution in [3.8, 4) is 11.4 Å². The molecule has 0 N–H and O–H groups in total. The van der Waals surface area contributed by atoms with Gasteiger partial charge in [-0.25, -0.2) is 14.4 Å². The van der Waals surface area contributed by atoms with E-state index in [-0.39, 0.29) is 11.7 Å². The van der Waals surface area contributed by atoms with E-state index in [0.29, 0.717) is 30.9 Å². The molecule has 2 heterocycles. The van der Waals surface area contributed by atoms with E-state index in [1.807, 2.05) is 36.1 Å². The number of amides is 1. The normalized spacial score (nSPS) is 13.7. The van der Waals surface area contributed by atoms with Gasteiger partial charge in [0.15, 0.2) is 5.82 Å². The van der Waals surface area contributed by atoms with Crippen molar-refractivity contribution >= 4 is 11.7 Å². The van der Waals surface area contributed by atoms with Crippen molar-refractivity contribution in [3.05, 3.63) is 77.2 Å². The molecular weight excluding hydrogens is 463 g/mol. The van der Waals surface area contributed by atoms with Crippen LogP contribution in [0.25, 0.3) is 11.4 Å². The lowest BCUT2D eigenvalue weighted by atomic mass is 10.0. The molecule has 0 unspecified atom stereocenters. The van der Waals surface area contributed by atoms with Crippen LogP contribution >= 0.6 is 0 Å². The van der Waals surface area contributed by atoms with Gasteiger partial charge in [0.25, 0.3) is 0 Å². The number of aryl methyl sites for hydroxylation is 1. The summed E-state index contributed by atoms with van der Waals surface area (Å²) < 4.78 is 14.0. The molecule has 2 aromatic carbocycles. The maximum absolute atomic E-state index is 14.0. The van der Waals surface area contributed by atoms with Crippen molar-refractivity contribution in [1.29, 1.82) is 0 Å². The van der Waals surface area contributed by atoms with E-state index in [1.54, 1.807) is 6.07 Å². The molecule has 0 aliphatic carbocycles. The Morgan fingerprint density at radius 1 is 0.892 bits per heavy atom. The first-order chi connectivity index (χ1) is 18.0. The van der Waals surface area contributed by atoms with Crippen LogP contribution in [0, 0.1) is 12.7 Å². The Kier molecular flexibility index (Phi) is 9.64. The van der Waals surface area contributed by atoms with Gasteiger partial charge in [0.1, 0.15) is 11.6 Å². The van der Waals surface area contributed by atoms with Gasteiger partial charge in [-0.15, -0.1) is 0 Å². The van der Waals surface area contributed by atoms with Gasteiger partial charge < -0.3 is 9.80 Å². The smallest absolute Gasteiger partial charge is 0.222 e. The molecule has 0 saturated carbocycles. The lowest BCUT2D eigenvalue weighted by Crippen LogP contribution is -2.49. The van der Waals surface area contributed by atoms with E-state index < -0.39 is 0 Å². The van der Waals surface area contributed by atoms with Crippen molar-refractivity contribution in [2.75, 3.05) is 31.1 Å². The van der Waals surface area contributed by atoms with E-state index in [1.165, 1.54) is 43.4 Å². The molecule has 0 radical (unpaired) electrons. The summed E-state index contributed by atoms with van der Waals surface area (Å²) in [5.41, 5.74) is 3.85. The zero-order valence-corrected chi connectivity index (χ0v) is 22.3. The number of hydrogen-bond donors (Lipinski definition) is 0. The lowest BCUT2D eigenvalue weighted by molar-refractivity contribution is -0.131. The Balaban J connectivity index is 1.48. The molecule has 0 spiro atoms. The second kappa shape index (κ2) is 13.3. The number of nitrogens with zero attached hydrogens (tertiary/aromatic N) is 4. The van der Waals surface area contributed by atoms with E-state index >= 15 is 0 Å². The first-order valence-electron chi connectivity index (χ1n) is 13.7. The second-order valence-electron chi connectivity index (χ2n) is 9.99. The monoisotopic (exact) mass is 502 g/mol. The van der Waals surface area contributed by atoms with Crippen LogP contribution in [0.4, 0.5) is 10.2 Å². The Labute approximate surface area is 220 Å². The number of hydrogen-bond acceptors (Lipinski definition) is 4. The van der Waals surface area contributed by atoms with Crippen molar-refractivity contribution in [3.63, 3.8) is 0 Å². The van der Waals surface area contributed by atoms with Crippen molar-refractivity contribution < 1.29 is 9.18 Å². The minimum absolute atomic E-state index is 0.263. The Hall–Kier alpha value is -3.28. The zero-order chi connectivity index (χ0) is 26.0. The summed E-state index contributed by atoms with van der Waals surface area (Å²) in [6, 6.07) is 16.8. The Morgan fingerprint density at radius 3 is 2.35 bits per heavy atom. The van der Waals surface area contributed by atoms with Gasteiger partial charge in [-0.2, -0.15) is 0 Å². The fourth-order valence-corrected chi connectivity index (χ4v) is 4.99. The van der Waals surface area contributed by atoms with Crippen LogP contribution in [-0.2, 0) is 11.2 Å². The maximum Gasteiger partial charge on any atom is 0.222 e. The van der Waals surface area contributed by atoms with Crippen LogP contribution in [0.1, 0.15) is 68.7 Å². The summed E-state index contributed by atoms with van der Waals surface area (Å²) in [5.74, 6) is 1.38. The SMILES string of the molecule is CCCCCCCCC(=O)N1CCN(c2nc(-c3cccc(F)c3)nc(C)c2Cc2ccccc2)CC1. The van der Waals surface area contributed by atoms with Crippen molar-refractivity contribution in [2.24, 2.45) is 0 Å². The number of benzene rings is 2. The Bertz CT molecular complexity index is 1160. The molecule has 196 valence electrons. The third-order valence-electron chi connectivity index (χ3n) is 7.17. The molecule has 0 bridgehead atoms. The minimum Gasteiger partial charge on any atom is -0.353 e. The molecule has 1 aromatic heterocycles. The fourth-order valence-electron chi connectivity index (χ4n) is 4.99. The van der Waals surface area contributed by atoms with Crippen LogP contribution < -0.4 is 4.90 Å². The summed E-state index contributed by atoms with van der Waals surface area (Å²) in [6.45, 7) is 7.06. The molecule has 1 aliphatic heterocycles. The number of rotatable bonds is 11. The predicted octanol–water partition coefficient (Wildman–Crippen LogP) is 6.58. The summed E-state index contributed by atoms with van der Waals surface area (Å²) in [4.78, 5) is 26.8. The van der Waals surface area contributed by atoms with E-state index in [0.717, 1.165) is 49.4 Å². The average Bonchev–Trinajstić information content (AvgIpc) is 2.92. The zero-order valence-electron chi connectivity index (χ0n) is 22.3. The summed E-state index contributed by atoms with van der Waals surface area (Å²) in [7, 11) is 0. The molecule has 1 amide bonds. The van der Waals surface area contributed by atoms with E-state index in [9.17, 15) is 9.18 Å². The van der Waals surface area contributed by atoms with Gasteiger partial charge in [-0.3, -0.25) is 4.79 Å². The summed E-state index contributed by atoms with van der Waals surface area (Å²) in [6.07, 6.45) is 8.50. The number of carbonyl (C=O) groups is 1. The van der Waals surface area contributed by atoms with Crippen LogP contribution in [-0.4, -0.2) is 47.0 Å². The van der Waals surface area contributed by atoms with Crippen LogP contribution in [0.3, 0.4) is 0 Å². The van der Waals surface area contributed by atoms with Gasteiger partial charge in [0.2, 0.25) is 5.91 Å². The van der Waals surface area contributed by atoms with Crippen molar-refractivity contribution in [1.82, 2.24) is 14.9 Å². The van der Waals surface area contributed by atoms with Gasteiger partial charge in [-0.1, -0.05) is 81.5 Å². The quantitative estimate of drug-likeness (QED) is 0.278. The van der Waals surface area contributed by atoms with Crippen LogP contribution in [0.5, 0.6) is 0 Å². The van der Waals surface area contributed by atoms with Gasteiger partial charge in [0, 0.05) is 55.8 Å². The number of aromatic nitrogens is 2. The number of carbonyl (C=O) groups excluding carboxylic acids is 1. The maximum atomic E-state index is 14.0. The third-order valence-corrected chi connectivity index (χ3v) is 7.17. The molecular formula is C31H39FN4O. The van der Waals surface area contributed by atoms with E-state index in [2.05, 4.69) is 24.0 Å². The highest BCUT2D eigenvalue weighted by molar-refractivity contribution is 5.76. The predicted molar refractivity (Wildman–Crippen MR) is 148 cm³/mol. The second-order valence-corrected chi connectivity index (χ2v) is 9.99. The third kappa shape index (κ3) is 7.37. The topological polar surface area (TPSA) is 49.3 Å². The molecule has 37 heavy (non-hydrogen) atoms. The highest BCUT2D eigenvalue weighted by Gasteiger charge is 2.25. The summed E-state index contributed by atoms with van der Waals surface area (Å²) >= 11 is 0. The molecule has 4 rings (SSSR count). The largest absolute Gasteiger partial charge is 0.353 e. The number of halogens is 1. The lowest BCUT2D eigenvalue weighted by Gasteiger charge is -2.36. The van der Waals surface area contributed by atoms with Crippen LogP contribution in [0.2, 0.25) is 0 Å². The highest BCUT2D eigenvalue weighted by Crippen LogP contribution is 2.28. The minimum atomic E-state index is -0.300. The average molecular weight is 503 g/mol. The molecule has 1 fully saturated rings. The standard InChI is InChI=1S/C31H39FN4O/c1-3-4-5-6-7-11-17-29(37)35-18-20-36(21-19-35)31-28(22-25-13-9-8-10-14-25)24(2)33-30(34-31)26-15-12-16-27(32)23-26/h8-10,12-16,23H,3-7,11,17-22H2,1-2H3. The number of piperazine rings is 1. The molecule has 1 saturated heterocycles. The van der Waals surface area contributed by atoms with Crippen LogP contribution in [0.15, 0.2) is 54.6 Å². The van der Waals surface area contributed by atoms with Gasteiger partial charge in [0.05, 0.1) is 0 Å². The molecule has 6 heteroatoms. The van der Waals surface area contributed by atoms with Crippen molar-refractivity contribution in [2.45, 2.75) is 65.2 Å². The number of anilines is 1. The molecule has 3 aromatic rings.